The zero-order valence-corrected chi connectivity index (χ0v) is 20.2. The molecule has 176 valence electrons. The van der Waals surface area contributed by atoms with Crippen LogP contribution in [0.1, 0.15) is 20.2 Å². The Bertz CT molecular complexity index is 1320. The van der Waals surface area contributed by atoms with Gasteiger partial charge in [0.25, 0.3) is 5.91 Å². The molecule has 0 aromatic carbocycles. The highest BCUT2D eigenvalue weighted by molar-refractivity contribution is 7.19. The van der Waals surface area contributed by atoms with Crippen molar-refractivity contribution < 1.29 is 14.7 Å². The lowest BCUT2D eigenvalue weighted by Gasteiger charge is -2.28. The summed E-state index contributed by atoms with van der Waals surface area (Å²) in [7, 11) is 1.88. The smallest absolute Gasteiger partial charge is 0.277 e. The molecule has 1 aliphatic heterocycles. The van der Waals surface area contributed by atoms with Gasteiger partial charge in [-0.2, -0.15) is 0 Å². The second kappa shape index (κ2) is 9.54. The average Bonchev–Trinajstić information content (AvgIpc) is 3.49. The van der Waals surface area contributed by atoms with E-state index in [0.29, 0.717) is 31.5 Å². The van der Waals surface area contributed by atoms with E-state index in [0.717, 1.165) is 43.9 Å². The first-order valence-electron chi connectivity index (χ1n) is 10.6. The number of nitrogens with zero attached hydrogens (tertiary/aromatic N) is 7. The first-order chi connectivity index (χ1) is 16.5. The van der Waals surface area contributed by atoms with Gasteiger partial charge in [0.15, 0.2) is 11.6 Å². The maximum absolute atomic E-state index is 11.5. The summed E-state index contributed by atoms with van der Waals surface area (Å²) < 4.78 is 6.57. The van der Waals surface area contributed by atoms with E-state index in [1.807, 2.05) is 25.1 Å². The summed E-state index contributed by atoms with van der Waals surface area (Å²) in [5.74, 6) is 1.41. The summed E-state index contributed by atoms with van der Waals surface area (Å²) >= 11 is 3.23. The van der Waals surface area contributed by atoms with Crippen molar-refractivity contribution in [2.75, 3.05) is 43.2 Å². The molecule has 0 bridgehead atoms. The number of hydroxylamine groups is 1. The number of thiazole rings is 1. The maximum Gasteiger partial charge on any atom is 0.277 e. The van der Waals surface area contributed by atoms with Crippen molar-refractivity contribution in [2.45, 2.75) is 13.5 Å². The minimum absolute atomic E-state index is 0.178. The SMILES string of the molecule is Cc1ncc(-c2nc(N3CCOCC3)c3sc(CN(C)c4ncc(C(=O)NO)cn4)cc3n2)s1. The van der Waals surface area contributed by atoms with Crippen LogP contribution in [0, 0.1) is 6.92 Å². The number of carbonyl (C=O) groups excluding carboxylic acids is 1. The highest BCUT2D eigenvalue weighted by atomic mass is 32.1. The lowest BCUT2D eigenvalue weighted by molar-refractivity contribution is 0.0705. The fourth-order valence-electron chi connectivity index (χ4n) is 3.61. The molecule has 1 aliphatic rings. The molecule has 0 spiro atoms. The van der Waals surface area contributed by atoms with Gasteiger partial charge in [0.1, 0.15) is 0 Å². The summed E-state index contributed by atoms with van der Waals surface area (Å²) in [6, 6.07) is 2.08. The molecular weight excluding hydrogens is 476 g/mol. The van der Waals surface area contributed by atoms with E-state index in [-0.39, 0.29) is 5.56 Å². The van der Waals surface area contributed by atoms with Crippen LogP contribution in [-0.4, -0.2) is 69.4 Å². The predicted octanol–water partition coefficient (Wildman–Crippen LogP) is 2.51. The molecule has 0 saturated carbocycles. The van der Waals surface area contributed by atoms with E-state index in [2.05, 4.69) is 25.9 Å². The molecule has 1 fully saturated rings. The van der Waals surface area contributed by atoms with Gasteiger partial charge < -0.3 is 14.5 Å². The minimum atomic E-state index is -0.653. The number of hydrogen-bond donors (Lipinski definition) is 2. The number of carbonyl (C=O) groups is 1. The molecule has 4 aromatic rings. The van der Waals surface area contributed by atoms with Gasteiger partial charge in [-0.15, -0.1) is 22.7 Å². The van der Waals surface area contributed by atoms with Crippen LogP contribution in [0.2, 0.25) is 0 Å². The monoisotopic (exact) mass is 498 g/mol. The topological polar surface area (TPSA) is 129 Å². The van der Waals surface area contributed by atoms with Crippen molar-refractivity contribution in [1.29, 1.82) is 0 Å². The van der Waals surface area contributed by atoms with Gasteiger partial charge in [0.05, 0.1) is 45.4 Å². The molecule has 5 heterocycles. The van der Waals surface area contributed by atoms with E-state index in [9.17, 15) is 4.79 Å². The quantitative estimate of drug-likeness (QED) is 0.302. The fraction of sp³-hybridized carbons (Fsp3) is 0.333. The molecule has 5 rings (SSSR count). The van der Waals surface area contributed by atoms with Gasteiger partial charge in [-0.3, -0.25) is 10.0 Å². The third-order valence-corrected chi connectivity index (χ3v) is 7.31. The Hall–Kier alpha value is -3.26. The Labute approximate surface area is 203 Å². The van der Waals surface area contributed by atoms with Gasteiger partial charge in [-0.05, 0) is 13.0 Å². The number of ether oxygens (including phenoxy) is 1. The summed E-state index contributed by atoms with van der Waals surface area (Å²) in [6.07, 6.45) is 4.57. The predicted molar refractivity (Wildman–Crippen MR) is 130 cm³/mol. The van der Waals surface area contributed by atoms with E-state index in [1.165, 1.54) is 12.4 Å². The van der Waals surface area contributed by atoms with Gasteiger partial charge in [0, 0.05) is 43.6 Å². The lowest BCUT2D eigenvalue weighted by Crippen LogP contribution is -2.36. The number of morpholine rings is 1. The van der Waals surface area contributed by atoms with Crippen molar-refractivity contribution in [3.63, 3.8) is 0 Å². The molecule has 1 amide bonds. The number of nitrogens with one attached hydrogen (secondary N) is 1. The van der Waals surface area contributed by atoms with Crippen LogP contribution in [0.4, 0.5) is 11.8 Å². The number of aryl methyl sites for hydroxylation is 1. The number of anilines is 2. The van der Waals surface area contributed by atoms with E-state index in [4.69, 9.17) is 19.9 Å². The Balaban J connectivity index is 1.47. The molecule has 1 saturated heterocycles. The highest BCUT2D eigenvalue weighted by Gasteiger charge is 2.21. The number of hydrogen-bond acceptors (Lipinski definition) is 12. The molecular formula is C21H22N8O3S2. The molecule has 0 radical (unpaired) electrons. The van der Waals surface area contributed by atoms with Crippen LogP contribution < -0.4 is 15.3 Å². The average molecular weight is 499 g/mol. The molecule has 0 aliphatic carbocycles. The Kier molecular flexibility index (Phi) is 6.32. The fourth-order valence-corrected chi connectivity index (χ4v) is 5.49. The number of amides is 1. The summed E-state index contributed by atoms with van der Waals surface area (Å²) in [5.41, 5.74) is 2.64. The standard InChI is InChI=1S/C21H22N8O3S2/c1-12-22-10-16(33-12)18-25-15-7-14(34-17(15)19(26-18)29-3-5-32-6-4-29)11-28(2)21-23-8-13(9-24-21)20(30)27-31/h7-10,31H,3-6,11H2,1-2H3,(H,27,30). The van der Waals surface area contributed by atoms with Crippen LogP contribution >= 0.6 is 22.7 Å². The first-order valence-corrected chi connectivity index (χ1v) is 12.2. The zero-order valence-electron chi connectivity index (χ0n) is 18.6. The molecule has 2 N–H and O–H groups in total. The third-order valence-electron chi connectivity index (χ3n) is 5.29. The van der Waals surface area contributed by atoms with E-state index < -0.39 is 5.91 Å². The van der Waals surface area contributed by atoms with Crippen LogP contribution in [-0.2, 0) is 11.3 Å². The lowest BCUT2D eigenvalue weighted by atomic mass is 10.3. The molecule has 0 atom stereocenters. The molecule has 13 heteroatoms. The number of thiophene rings is 1. The second-order valence-corrected chi connectivity index (χ2v) is 10.1. The minimum Gasteiger partial charge on any atom is -0.378 e. The van der Waals surface area contributed by atoms with Crippen LogP contribution in [0.15, 0.2) is 24.7 Å². The van der Waals surface area contributed by atoms with Gasteiger partial charge in [-0.25, -0.2) is 30.4 Å². The van der Waals surface area contributed by atoms with Gasteiger partial charge in [0.2, 0.25) is 5.95 Å². The van der Waals surface area contributed by atoms with Crippen molar-refractivity contribution in [2.24, 2.45) is 0 Å². The van der Waals surface area contributed by atoms with Gasteiger partial charge >= 0.3 is 0 Å². The molecule has 4 aromatic heterocycles. The van der Waals surface area contributed by atoms with Crippen LogP contribution in [0.25, 0.3) is 20.9 Å². The van der Waals surface area contributed by atoms with Crippen molar-refractivity contribution >= 4 is 50.6 Å². The highest BCUT2D eigenvalue weighted by Crippen LogP contribution is 2.36. The second-order valence-electron chi connectivity index (χ2n) is 7.71. The summed E-state index contributed by atoms with van der Waals surface area (Å²) in [5, 5.41) is 9.73. The largest absolute Gasteiger partial charge is 0.378 e. The van der Waals surface area contributed by atoms with Gasteiger partial charge in [-0.1, -0.05) is 0 Å². The van der Waals surface area contributed by atoms with Crippen molar-refractivity contribution in [1.82, 2.24) is 30.4 Å². The number of fused-ring (bicyclic) bond motifs is 1. The number of rotatable bonds is 6. The maximum atomic E-state index is 11.5. The summed E-state index contributed by atoms with van der Waals surface area (Å²) in [4.78, 5) is 40.3. The Morgan fingerprint density at radius 1 is 1.18 bits per heavy atom. The summed E-state index contributed by atoms with van der Waals surface area (Å²) in [6.45, 7) is 5.43. The molecule has 0 unspecified atom stereocenters. The van der Waals surface area contributed by atoms with Crippen LogP contribution in [0.5, 0.6) is 0 Å². The Morgan fingerprint density at radius 2 is 1.94 bits per heavy atom. The first kappa shape index (κ1) is 22.5. The van der Waals surface area contributed by atoms with Crippen LogP contribution in [0.3, 0.4) is 0 Å². The molecule has 11 nitrogen and oxygen atoms in total. The van der Waals surface area contributed by atoms with Crippen molar-refractivity contribution in [3.05, 3.63) is 40.1 Å². The molecule has 34 heavy (non-hydrogen) atoms. The van der Waals surface area contributed by atoms with Crippen molar-refractivity contribution in [3.8, 4) is 10.7 Å². The van der Waals surface area contributed by atoms with E-state index in [1.54, 1.807) is 28.2 Å². The normalized spacial score (nSPS) is 13.9. The third kappa shape index (κ3) is 4.55. The Morgan fingerprint density at radius 3 is 2.62 bits per heavy atom. The zero-order chi connectivity index (χ0) is 23.7. The van der Waals surface area contributed by atoms with E-state index >= 15 is 0 Å². The number of aromatic nitrogens is 5.